The molecular formula is C10H14ClN3O. The van der Waals surface area contributed by atoms with Crippen LogP contribution in [0.2, 0.25) is 5.15 Å². The van der Waals surface area contributed by atoms with E-state index in [1.165, 1.54) is 6.20 Å². The van der Waals surface area contributed by atoms with E-state index in [-0.39, 0.29) is 11.8 Å². The van der Waals surface area contributed by atoms with Crippen molar-refractivity contribution in [3.63, 3.8) is 0 Å². The van der Waals surface area contributed by atoms with Crippen molar-refractivity contribution in [2.24, 2.45) is 11.7 Å². The summed E-state index contributed by atoms with van der Waals surface area (Å²) in [6, 6.07) is 2.72. The smallest absolute Gasteiger partial charge is 0.241 e. The predicted molar refractivity (Wildman–Crippen MR) is 60.7 cm³/mol. The van der Waals surface area contributed by atoms with E-state index >= 15 is 0 Å². The summed E-state index contributed by atoms with van der Waals surface area (Å²) in [5.41, 5.74) is 6.29. The summed E-state index contributed by atoms with van der Waals surface area (Å²) in [6.45, 7) is 3.79. The van der Waals surface area contributed by atoms with Crippen LogP contribution in [0.4, 0.5) is 5.69 Å². The van der Waals surface area contributed by atoms with Crippen LogP contribution < -0.4 is 11.1 Å². The zero-order valence-electron chi connectivity index (χ0n) is 8.70. The summed E-state index contributed by atoms with van der Waals surface area (Å²) in [5.74, 6) is -0.116. The van der Waals surface area contributed by atoms with Crippen LogP contribution in [0.5, 0.6) is 0 Å². The van der Waals surface area contributed by atoms with Gasteiger partial charge in [0.05, 0.1) is 6.04 Å². The van der Waals surface area contributed by atoms with Gasteiger partial charge in [0.15, 0.2) is 0 Å². The Morgan fingerprint density at radius 3 is 2.80 bits per heavy atom. The number of aromatic nitrogens is 1. The lowest BCUT2D eigenvalue weighted by atomic mass is 10.1. The Labute approximate surface area is 93.8 Å². The molecular weight excluding hydrogens is 214 g/mol. The summed E-state index contributed by atoms with van der Waals surface area (Å²) in [4.78, 5) is 15.4. The minimum absolute atomic E-state index is 0.0994. The van der Waals surface area contributed by atoms with Crippen molar-refractivity contribution in [3.05, 3.63) is 23.5 Å². The first-order valence-electron chi connectivity index (χ1n) is 4.68. The molecule has 0 aliphatic carbocycles. The fourth-order valence-corrected chi connectivity index (χ4v) is 1.18. The number of nitrogens with two attached hydrogens (primary N) is 1. The van der Waals surface area contributed by atoms with Gasteiger partial charge in [-0.3, -0.25) is 4.79 Å². The van der Waals surface area contributed by atoms with E-state index in [9.17, 15) is 4.79 Å². The maximum absolute atomic E-state index is 11.6. The van der Waals surface area contributed by atoms with E-state index in [0.717, 1.165) is 0 Å². The second-order valence-corrected chi connectivity index (χ2v) is 4.01. The van der Waals surface area contributed by atoms with Gasteiger partial charge < -0.3 is 11.1 Å². The highest BCUT2D eigenvalue weighted by Crippen LogP contribution is 2.12. The van der Waals surface area contributed by atoms with E-state index < -0.39 is 6.04 Å². The topological polar surface area (TPSA) is 68.0 Å². The molecule has 1 amide bonds. The number of halogens is 1. The average Bonchev–Trinajstić information content (AvgIpc) is 2.16. The van der Waals surface area contributed by atoms with Crippen molar-refractivity contribution in [2.75, 3.05) is 5.32 Å². The van der Waals surface area contributed by atoms with E-state index in [1.54, 1.807) is 12.1 Å². The Balaban J connectivity index is 2.66. The standard InChI is InChI=1S/C10H14ClN3O/c1-6(2)9(12)10(15)14-7-3-4-13-8(11)5-7/h3-6,9H,12H2,1-2H3,(H,13,14,15)/t9-/m0/s1. The molecule has 1 aromatic heterocycles. The fraction of sp³-hybridized carbons (Fsp3) is 0.400. The Morgan fingerprint density at radius 1 is 1.60 bits per heavy atom. The molecule has 1 heterocycles. The van der Waals surface area contributed by atoms with Crippen LogP contribution in [0.3, 0.4) is 0 Å². The molecule has 0 unspecified atom stereocenters. The molecule has 0 radical (unpaired) electrons. The SMILES string of the molecule is CC(C)[C@H](N)C(=O)Nc1ccnc(Cl)c1. The van der Waals surface area contributed by atoms with E-state index in [2.05, 4.69) is 10.3 Å². The van der Waals surface area contributed by atoms with Gasteiger partial charge in [0, 0.05) is 11.9 Å². The summed E-state index contributed by atoms with van der Waals surface area (Å²) in [6.07, 6.45) is 1.53. The molecule has 0 saturated heterocycles. The molecule has 1 rings (SSSR count). The number of nitrogens with zero attached hydrogens (tertiary/aromatic N) is 1. The Kier molecular flexibility index (Phi) is 4.05. The van der Waals surface area contributed by atoms with Gasteiger partial charge in [-0.2, -0.15) is 0 Å². The number of carbonyl (C=O) groups excluding carboxylic acids is 1. The highest BCUT2D eigenvalue weighted by Gasteiger charge is 2.17. The molecule has 0 bridgehead atoms. The van der Waals surface area contributed by atoms with Crippen molar-refractivity contribution in [1.29, 1.82) is 0 Å². The highest BCUT2D eigenvalue weighted by atomic mass is 35.5. The second kappa shape index (κ2) is 5.09. The van der Waals surface area contributed by atoms with Gasteiger partial charge in [-0.25, -0.2) is 4.98 Å². The van der Waals surface area contributed by atoms with Gasteiger partial charge in [0.25, 0.3) is 0 Å². The number of nitrogens with one attached hydrogen (secondary N) is 1. The second-order valence-electron chi connectivity index (χ2n) is 3.63. The molecule has 0 aliphatic rings. The summed E-state index contributed by atoms with van der Waals surface area (Å²) < 4.78 is 0. The average molecular weight is 228 g/mol. The van der Waals surface area contributed by atoms with Crippen LogP contribution in [0.25, 0.3) is 0 Å². The number of rotatable bonds is 3. The predicted octanol–water partition coefficient (Wildman–Crippen LogP) is 1.66. The molecule has 0 fully saturated rings. The monoisotopic (exact) mass is 227 g/mol. The van der Waals surface area contributed by atoms with Crippen molar-refractivity contribution < 1.29 is 4.79 Å². The van der Waals surface area contributed by atoms with Crippen LogP contribution in [-0.2, 0) is 4.79 Å². The number of hydrogen-bond acceptors (Lipinski definition) is 3. The number of hydrogen-bond donors (Lipinski definition) is 2. The molecule has 4 nitrogen and oxygen atoms in total. The number of anilines is 1. The van der Waals surface area contributed by atoms with Crippen molar-refractivity contribution in [3.8, 4) is 0 Å². The van der Waals surface area contributed by atoms with E-state index in [1.807, 2.05) is 13.8 Å². The molecule has 1 atom stereocenters. The minimum Gasteiger partial charge on any atom is -0.325 e. The maximum Gasteiger partial charge on any atom is 0.241 e. The van der Waals surface area contributed by atoms with Gasteiger partial charge in [0.1, 0.15) is 5.15 Å². The maximum atomic E-state index is 11.6. The van der Waals surface area contributed by atoms with Gasteiger partial charge in [0.2, 0.25) is 5.91 Å². The third kappa shape index (κ3) is 3.49. The van der Waals surface area contributed by atoms with Crippen molar-refractivity contribution in [1.82, 2.24) is 4.98 Å². The quantitative estimate of drug-likeness (QED) is 0.772. The van der Waals surface area contributed by atoms with Crippen LogP contribution >= 0.6 is 11.6 Å². The van der Waals surface area contributed by atoms with Crippen molar-refractivity contribution in [2.45, 2.75) is 19.9 Å². The zero-order chi connectivity index (χ0) is 11.4. The molecule has 0 saturated carbocycles. The van der Waals surface area contributed by atoms with Gasteiger partial charge in [-0.05, 0) is 18.1 Å². The minimum atomic E-state index is -0.517. The largest absolute Gasteiger partial charge is 0.325 e. The summed E-state index contributed by atoms with van der Waals surface area (Å²) in [5, 5.41) is 3.01. The first-order chi connectivity index (χ1) is 7.00. The molecule has 0 aliphatic heterocycles. The third-order valence-corrected chi connectivity index (χ3v) is 2.22. The lowest BCUT2D eigenvalue weighted by Gasteiger charge is -2.15. The molecule has 82 valence electrons. The molecule has 1 aromatic rings. The number of carbonyl (C=O) groups is 1. The number of amides is 1. The molecule has 3 N–H and O–H groups in total. The Hall–Kier alpha value is -1.13. The zero-order valence-corrected chi connectivity index (χ0v) is 9.45. The Morgan fingerprint density at radius 2 is 2.27 bits per heavy atom. The van der Waals surface area contributed by atoms with Crippen LogP contribution in [0, 0.1) is 5.92 Å². The first kappa shape index (κ1) is 11.9. The van der Waals surface area contributed by atoms with Gasteiger partial charge in [-0.1, -0.05) is 25.4 Å². The summed E-state index contributed by atoms with van der Waals surface area (Å²) >= 11 is 5.68. The fourth-order valence-electron chi connectivity index (χ4n) is 1.01. The van der Waals surface area contributed by atoms with Crippen LogP contribution in [-0.4, -0.2) is 16.9 Å². The first-order valence-corrected chi connectivity index (χ1v) is 5.06. The number of pyridine rings is 1. The van der Waals surface area contributed by atoms with Crippen LogP contribution in [0.1, 0.15) is 13.8 Å². The highest BCUT2D eigenvalue weighted by molar-refractivity contribution is 6.29. The van der Waals surface area contributed by atoms with E-state index in [0.29, 0.717) is 10.8 Å². The summed E-state index contributed by atoms with van der Waals surface area (Å²) in [7, 11) is 0. The van der Waals surface area contributed by atoms with Crippen LogP contribution in [0.15, 0.2) is 18.3 Å². The molecule has 15 heavy (non-hydrogen) atoms. The van der Waals surface area contributed by atoms with Crippen molar-refractivity contribution >= 4 is 23.2 Å². The molecule has 5 heteroatoms. The third-order valence-electron chi connectivity index (χ3n) is 2.02. The van der Waals surface area contributed by atoms with Gasteiger partial charge in [-0.15, -0.1) is 0 Å². The lowest BCUT2D eigenvalue weighted by Crippen LogP contribution is -2.39. The van der Waals surface area contributed by atoms with E-state index in [4.69, 9.17) is 17.3 Å². The normalized spacial score (nSPS) is 12.6. The molecule has 0 aromatic carbocycles. The molecule has 0 spiro atoms. The Bertz CT molecular complexity index is 354. The lowest BCUT2D eigenvalue weighted by molar-refractivity contribution is -0.118. The van der Waals surface area contributed by atoms with Gasteiger partial charge >= 0.3 is 0 Å².